The lowest BCUT2D eigenvalue weighted by Gasteiger charge is -2.29. The second-order valence-electron chi connectivity index (χ2n) is 6.26. The van der Waals surface area contributed by atoms with Crippen LogP contribution in [0.2, 0.25) is 0 Å². The van der Waals surface area contributed by atoms with E-state index >= 15 is 0 Å². The Kier molecular flexibility index (Phi) is 7.25. The van der Waals surface area contributed by atoms with Crippen molar-refractivity contribution in [3.63, 3.8) is 0 Å². The fourth-order valence-electron chi connectivity index (χ4n) is 2.50. The van der Waals surface area contributed by atoms with Crippen LogP contribution in [0, 0.1) is 23.7 Å². The zero-order chi connectivity index (χ0) is 12.0. The predicted molar refractivity (Wildman–Crippen MR) is 70.1 cm³/mol. The minimum atomic E-state index is 0.824. The van der Waals surface area contributed by atoms with Crippen LogP contribution in [0.15, 0.2) is 0 Å². The Morgan fingerprint density at radius 2 is 1.27 bits per heavy atom. The second-order valence-corrected chi connectivity index (χ2v) is 6.26. The molecule has 2 unspecified atom stereocenters. The molecule has 2 atom stereocenters. The quantitative estimate of drug-likeness (QED) is 0.620. The van der Waals surface area contributed by atoms with Gasteiger partial charge in [-0.3, -0.25) is 0 Å². The summed E-state index contributed by atoms with van der Waals surface area (Å²) in [6, 6.07) is 0. The van der Waals surface area contributed by atoms with Gasteiger partial charge in [-0.05, 0) is 50.6 Å². The molecule has 0 N–H and O–H groups in total. The minimum absolute atomic E-state index is 0.824. The monoisotopic (exact) mass is 213 g/mol. The van der Waals surface area contributed by atoms with Gasteiger partial charge in [-0.1, -0.05) is 34.6 Å². The maximum atomic E-state index is 2.43. The van der Waals surface area contributed by atoms with Gasteiger partial charge in [0.2, 0.25) is 0 Å². The van der Waals surface area contributed by atoms with Gasteiger partial charge >= 0.3 is 0 Å². The van der Waals surface area contributed by atoms with Crippen LogP contribution in [-0.2, 0) is 0 Å². The standard InChI is InChI=1S/C14H31N/c1-11(2)8-13(5)14(9-12(3)4)10-15(6)7/h11-14H,8-10H2,1-7H3. The van der Waals surface area contributed by atoms with Gasteiger partial charge < -0.3 is 4.90 Å². The summed E-state index contributed by atoms with van der Waals surface area (Å²) in [5.41, 5.74) is 0. The zero-order valence-electron chi connectivity index (χ0n) is 11.9. The number of rotatable bonds is 7. The van der Waals surface area contributed by atoms with Crippen LogP contribution in [0.25, 0.3) is 0 Å². The highest BCUT2D eigenvalue weighted by Crippen LogP contribution is 2.26. The molecule has 0 aliphatic carbocycles. The van der Waals surface area contributed by atoms with Crippen LogP contribution in [-0.4, -0.2) is 25.5 Å². The molecule has 0 aromatic carbocycles. The molecule has 0 aliphatic heterocycles. The van der Waals surface area contributed by atoms with Crippen molar-refractivity contribution in [2.45, 2.75) is 47.5 Å². The van der Waals surface area contributed by atoms with Crippen molar-refractivity contribution in [2.75, 3.05) is 20.6 Å². The molecule has 0 fully saturated rings. The number of hydrogen-bond acceptors (Lipinski definition) is 1. The van der Waals surface area contributed by atoms with Gasteiger partial charge in [-0.2, -0.15) is 0 Å². The summed E-state index contributed by atoms with van der Waals surface area (Å²) in [5, 5.41) is 0. The average molecular weight is 213 g/mol. The number of hydrogen-bond donors (Lipinski definition) is 0. The van der Waals surface area contributed by atoms with E-state index in [0.29, 0.717) is 0 Å². The smallest absolute Gasteiger partial charge is 0.000620 e. The molecule has 0 aromatic heterocycles. The zero-order valence-corrected chi connectivity index (χ0v) is 11.9. The number of nitrogens with zero attached hydrogens (tertiary/aromatic N) is 1. The third-order valence-corrected chi connectivity index (χ3v) is 3.02. The summed E-state index contributed by atoms with van der Waals surface area (Å²) in [4.78, 5) is 2.34. The largest absolute Gasteiger partial charge is 0.309 e. The van der Waals surface area contributed by atoms with Crippen molar-refractivity contribution < 1.29 is 0 Å². The Morgan fingerprint density at radius 1 is 0.800 bits per heavy atom. The Hall–Kier alpha value is -0.0400. The van der Waals surface area contributed by atoms with E-state index in [-0.39, 0.29) is 0 Å². The molecule has 0 saturated heterocycles. The van der Waals surface area contributed by atoms with Crippen LogP contribution in [0.5, 0.6) is 0 Å². The Bertz CT molecular complexity index is 139. The van der Waals surface area contributed by atoms with Crippen molar-refractivity contribution in [1.29, 1.82) is 0 Å². The molecule has 0 aliphatic rings. The third kappa shape index (κ3) is 7.84. The van der Waals surface area contributed by atoms with Gasteiger partial charge in [-0.25, -0.2) is 0 Å². The maximum absolute atomic E-state index is 2.43. The fourth-order valence-corrected chi connectivity index (χ4v) is 2.50. The van der Waals surface area contributed by atoms with E-state index in [1.807, 2.05) is 0 Å². The molecule has 0 saturated carbocycles. The molecular formula is C14H31N. The first-order valence-electron chi connectivity index (χ1n) is 6.47. The Morgan fingerprint density at radius 3 is 1.60 bits per heavy atom. The van der Waals surface area contributed by atoms with E-state index in [2.05, 4.69) is 53.6 Å². The summed E-state index contributed by atoms with van der Waals surface area (Å²) in [5.74, 6) is 3.37. The first-order chi connectivity index (χ1) is 6.82. The summed E-state index contributed by atoms with van der Waals surface area (Å²) in [7, 11) is 4.38. The fraction of sp³-hybridized carbons (Fsp3) is 1.00. The maximum Gasteiger partial charge on any atom is 0.000620 e. The molecule has 0 radical (unpaired) electrons. The molecule has 1 nitrogen and oxygen atoms in total. The van der Waals surface area contributed by atoms with E-state index in [9.17, 15) is 0 Å². The summed E-state index contributed by atoms with van der Waals surface area (Å²) in [6.07, 6.45) is 2.73. The second kappa shape index (κ2) is 7.27. The van der Waals surface area contributed by atoms with Crippen molar-refractivity contribution in [3.8, 4) is 0 Å². The normalized spacial score (nSPS) is 16.4. The van der Waals surface area contributed by atoms with Gasteiger partial charge in [0.25, 0.3) is 0 Å². The van der Waals surface area contributed by atoms with Gasteiger partial charge in [0.05, 0.1) is 0 Å². The van der Waals surface area contributed by atoms with Crippen molar-refractivity contribution >= 4 is 0 Å². The molecule has 1 heteroatoms. The molecule has 0 amide bonds. The van der Waals surface area contributed by atoms with Crippen molar-refractivity contribution in [3.05, 3.63) is 0 Å². The van der Waals surface area contributed by atoms with Crippen molar-refractivity contribution in [2.24, 2.45) is 23.7 Å². The van der Waals surface area contributed by atoms with Gasteiger partial charge in [0.15, 0.2) is 0 Å². The first-order valence-corrected chi connectivity index (χ1v) is 6.47. The molecular weight excluding hydrogens is 182 g/mol. The Balaban J connectivity index is 4.20. The molecule has 0 bridgehead atoms. The highest BCUT2D eigenvalue weighted by Gasteiger charge is 2.20. The lowest BCUT2D eigenvalue weighted by Crippen LogP contribution is -2.28. The van der Waals surface area contributed by atoms with Crippen LogP contribution in [0.3, 0.4) is 0 Å². The minimum Gasteiger partial charge on any atom is -0.309 e. The van der Waals surface area contributed by atoms with E-state index in [1.165, 1.54) is 19.4 Å². The van der Waals surface area contributed by atoms with Crippen LogP contribution in [0.4, 0.5) is 0 Å². The van der Waals surface area contributed by atoms with Crippen molar-refractivity contribution in [1.82, 2.24) is 4.90 Å². The van der Waals surface area contributed by atoms with Gasteiger partial charge in [0, 0.05) is 6.54 Å². The van der Waals surface area contributed by atoms with E-state index in [0.717, 1.165) is 23.7 Å². The topological polar surface area (TPSA) is 3.24 Å². The van der Waals surface area contributed by atoms with Crippen LogP contribution >= 0.6 is 0 Å². The van der Waals surface area contributed by atoms with E-state index in [4.69, 9.17) is 0 Å². The van der Waals surface area contributed by atoms with Gasteiger partial charge in [0.1, 0.15) is 0 Å². The predicted octanol–water partition coefficient (Wildman–Crippen LogP) is 3.89. The van der Waals surface area contributed by atoms with Crippen LogP contribution in [0.1, 0.15) is 47.5 Å². The third-order valence-electron chi connectivity index (χ3n) is 3.02. The van der Waals surface area contributed by atoms with Crippen LogP contribution < -0.4 is 0 Å². The molecule has 15 heavy (non-hydrogen) atoms. The summed E-state index contributed by atoms with van der Waals surface area (Å²) >= 11 is 0. The Labute approximate surface area is 97.2 Å². The summed E-state index contributed by atoms with van der Waals surface area (Å²) < 4.78 is 0. The molecule has 92 valence electrons. The van der Waals surface area contributed by atoms with E-state index < -0.39 is 0 Å². The van der Waals surface area contributed by atoms with E-state index in [1.54, 1.807) is 0 Å². The molecule has 0 aromatic rings. The summed E-state index contributed by atoms with van der Waals surface area (Å²) in [6.45, 7) is 13.0. The average Bonchev–Trinajstić information content (AvgIpc) is 1.99. The molecule has 0 heterocycles. The molecule has 0 rings (SSSR count). The highest BCUT2D eigenvalue weighted by atomic mass is 15.1. The lowest BCUT2D eigenvalue weighted by atomic mass is 9.82. The lowest BCUT2D eigenvalue weighted by molar-refractivity contribution is 0.204. The van der Waals surface area contributed by atoms with Gasteiger partial charge in [-0.15, -0.1) is 0 Å². The highest BCUT2D eigenvalue weighted by molar-refractivity contribution is 4.71. The first kappa shape index (κ1) is 15.0. The SMILES string of the molecule is CC(C)CC(C)C(CC(C)C)CN(C)C. The molecule has 0 spiro atoms.